The van der Waals surface area contributed by atoms with Crippen LogP contribution in [0.25, 0.3) is 0 Å². The molecule has 5 heteroatoms. The number of carbonyl (C=O) groups is 1. The lowest BCUT2D eigenvalue weighted by atomic mass is 10.3. The first-order chi connectivity index (χ1) is 7.82. The molecule has 1 aromatic rings. The fourth-order valence-electron chi connectivity index (χ4n) is 0.768. The van der Waals surface area contributed by atoms with Crippen LogP contribution < -0.4 is 10.5 Å². The number of nitrogens with two attached hydrogens (primary N) is 1. The normalized spacial score (nSPS) is 11.4. The Hall–Kier alpha value is -1.26. The van der Waals surface area contributed by atoms with Gasteiger partial charge < -0.3 is 15.6 Å². The molecule has 0 radical (unpaired) electrons. The van der Waals surface area contributed by atoms with E-state index in [-0.39, 0.29) is 0 Å². The van der Waals surface area contributed by atoms with Gasteiger partial charge in [0.25, 0.3) is 0 Å². The Kier molecular flexibility index (Phi) is 7.34. The van der Waals surface area contributed by atoms with Gasteiger partial charge in [-0.25, -0.2) is 4.79 Å². The molecule has 1 atom stereocenters. The third-order valence-electron chi connectivity index (χ3n) is 1.47. The second kappa shape index (κ2) is 7.92. The molecule has 0 spiro atoms. The average Bonchev–Trinajstić information content (AvgIpc) is 2.20. The van der Waals surface area contributed by atoms with Crippen LogP contribution in [0, 0.1) is 0 Å². The van der Waals surface area contributed by atoms with E-state index in [0.29, 0.717) is 16.8 Å². The van der Waals surface area contributed by atoms with Gasteiger partial charge in [0.2, 0.25) is 0 Å². The summed E-state index contributed by atoms with van der Waals surface area (Å²) < 4.78 is 5.07. The lowest BCUT2D eigenvalue weighted by Gasteiger charge is -2.09. The van der Waals surface area contributed by atoms with Crippen molar-refractivity contribution in [1.82, 2.24) is 0 Å². The van der Waals surface area contributed by atoms with Gasteiger partial charge in [0.15, 0.2) is 6.10 Å². The number of ether oxygens (including phenoxy) is 1. The van der Waals surface area contributed by atoms with Crippen molar-refractivity contribution in [2.24, 2.45) is 5.73 Å². The highest BCUT2D eigenvalue weighted by atomic mass is 35.5. The van der Waals surface area contributed by atoms with Gasteiger partial charge in [0.05, 0.1) is 0 Å². The molecule has 0 amide bonds. The first kappa shape index (κ1) is 15.7. The minimum Gasteiger partial charge on any atom is -0.479 e. The van der Waals surface area contributed by atoms with Gasteiger partial charge in [0, 0.05) is 5.02 Å². The number of benzene rings is 1. The molecule has 0 bridgehead atoms. The van der Waals surface area contributed by atoms with Gasteiger partial charge in [0.1, 0.15) is 5.75 Å². The Labute approximate surface area is 106 Å². The fraction of sp³-hybridized carbons (Fsp3) is 0.417. The average molecular weight is 260 g/mol. The molecular weight excluding hydrogens is 242 g/mol. The van der Waals surface area contributed by atoms with Crippen LogP contribution in [0.15, 0.2) is 24.3 Å². The van der Waals surface area contributed by atoms with Crippen molar-refractivity contribution in [2.45, 2.75) is 32.9 Å². The third-order valence-corrected chi connectivity index (χ3v) is 1.73. The number of halogens is 1. The lowest BCUT2D eigenvalue weighted by molar-refractivity contribution is -0.144. The van der Waals surface area contributed by atoms with Gasteiger partial charge in [-0.05, 0) is 37.2 Å². The number of carboxylic acid groups (broad SMARTS) is 1. The smallest absolute Gasteiger partial charge is 0.344 e. The first-order valence-electron chi connectivity index (χ1n) is 5.23. The Morgan fingerprint density at radius 1 is 1.29 bits per heavy atom. The van der Waals surface area contributed by atoms with E-state index >= 15 is 0 Å². The van der Waals surface area contributed by atoms with Crippen LogP contribution in [0.3, 0.4) is 0 Å². The lowest BCUT2D eigenvalue weighted by Crippen LogP contribution is -2.22. The highest BCUT2D eigenvalue weighted by Crippen LogP contribution is 2.16. The number of hydrogen-bond acceptors (Lipinski definition) is 3. The summed E-state index contributed by atoms with van der Waals surface area (Å²) >= 11 is 5.64. The van der Waals surface area contributed by atoms with Crippen molar-refractivity contribution in [1.29, 1.82) is 0 Å². The maximum absolute atomic E-state index is 10.4. The van der Waals surface area contributed by atoms with Crippen LogP contribution in [0.5, 0.6) is 5.75 Å². The molecule has 1 unspecified atom stereocenters. The van der Waals surface area contributed by atoms with Crippen molar-refractivity contribution in [3.8, 4) is 5.75 Å². The van der Waals surface area contributed by atoms with Gasteiger partial charge in [-0.1, -0.05) is 25.4 Å². The molecule has 96 valence electrons. The number of carboxylic acids is 1. The summed E-state index contributed by atoms with van der Waals surface area (Å²) in [7, 11) is 0. The third kappa shape index (κ3) is 8.54. The molecule has 4 nitrogen and oxygen atoms in total. The van der Waals surface area contributed by atoms with E-state index in [0.717, 1.165) is 0 Å². The first-order valence-corrected chi connectivity index (χ1v) is 5.61. The molecular formula is C12H18ClNO3. The van der Waals surface area contributed by atoms with E-state index in [4.69, 9.17) is 27.2 Å². The highest BCUT2D eigenvalue weighted by molar-refractivity contribution is 6.30. The molecule has 0 saturated heterocycles. The minimum absolute atomic E-state index is 0.333. The van der Waals surface area contributed by atoms with Crippen molar-refractivity contribution in [3.63, 3.8) is 0 Å². The highest BCUT2D eigenvalue weighted by Gasteiger charge is 2.11. The quantitative estimate of drug-likeness (QED) is 0.875. The SMILES string of the molecule is CC(C)N.CC(Oc1ccc(Cl)cc1)C(=O)O. The monoisotopic (exact) mass is 259 g/mol. The number of aliphatic carboxylic acids is 1. The van der Waals surface area contributed by atoms with Crippen LogP contribution in [-0.2, 0) is 4.79 Å². The predicted octanol–water partition coefficient (Wildman–Crippen LogP) is 2.55. The Morgan fingerprint density at radius 3 is 2.06 bits per heavy atom. The molecule has 0 aliphatic carbocycles. The van der Waals surface area contributed by atoms with Crippen LogP contribution in [0.1, 0.15) is 20.8 Å². The summed E-state index contributed by atoms with van der Waals surface area (Å²) in [5, 5.41) is 9.14. The van der Waals surface area contributed by atoms with Gasteiger partial charge >= 0.3 is 5.97 Å². The second-order valence-electron chi connectivity index (χ2n) is 3.80. The maximum atomic E-state index is 10.4. The standard InChI is InChI=1S/C9H9ClO3.C3H9N/c1-6(9(11)12)13-8-4-2-7(10)3-5-8;1-3(2)4/h2-6H,1H3,(H,11,12);3H,4H2,1-2H3. The molecule has 0 aliphatic heterocycles. The molecule has 1 rings (SSSR count). The van der Waals surface area contributed by atoms with E-state index in [1.165, 1.54) is 6.92 Å². The van der Waals surface area contributed by atoms with Crippen LogP contribution >= 0.6 is 11.6 Å². The Balaban J connectivity index is 0.000000557. The van der Waals surface area contributed by atoms with Gasteiger partial charge in [-0.15, -0.1) is 0 Å². The van der Waals surface area contributed by atoms with Crippen molar-refractivity contribution < 1.29 is 14.6 Å². The summed E-state index contributed by atoms with van der Waals surface area (Å²) in [4.78, 5) is 10.4. The second-order valence-corrected chi connectivity index (χ2v) is 4.23. The van der Waals surface area contributed by atoms with E-state index in [2.05, 4.69) is 0 Å². The molecule has 0 saturated carbocycles. The molecule has 0 fully saturated rings. The zero-order chi connectivity index (χ0) is 13.4. The van der Waals surface area contributed by atoms with Crippen molar-refractivity contribution >= 4 is 17.6 Å². The van der Waals surface area contributed by atoms with Gasteiger partial charge in [-0.3, -0.25) is 0 Å². The Bertz CT molecular complexity index is 335. The molecule has 0 heterocycles. The van der Waals surface area contributed by atoms with E-state index in [1.54, 1.807) is 24.3 Å². The van der Waals surface area contributed by atoms with Crippen LogP contribution in [0.4, 0.5) is 0 Å². The van der Waals surface area contributed by atoms with Crippen molar-refractivity contribution in [2.75, 3.05) is 0 Å². The summed E-state index contributed by atoms with van der Waals surface area (Å²) in [6, 6.07) is 6.88. The number of rotatable bonds is 3. The largest absolute Gasteiger partial charge is 0.479 e. The molecule has 0 aromatic heterocycles. The van der Waals surface area contributed by atoms with E-state index in [1.807, 2.05) is 13.8 Å². The van der Waals surface area contributed by atoms with Gasteiger partial charge in [-0.2, -0.15) is 0 Å². The summed E-state index contributed by atoms with van der Waals surface area (Å²) in [6.07, 6.45) is -0.846. The van der Waals surface area contributed by atoms with Crippen molar-refractivity contribution in [3.05, 3.63) is 29.3 Å². The van der Waals surface area contributed by atoms with E-state index in [9.17, 15) is 4.79 Å². The molecule has 1 aromatic carbocycles. The minimum atomic E-state index is -0.991. The predicted molar refractivity (Wildman–Crippen MR) is 68.5 cm³/mol. The topological polar surface area (TPSA) is 72.5 Å². The maximum Gasteiger partial charge on any atom is 0.344 e. The molecule has 17 heavy (non-hydrogen) atoms. The van der Waals surface area contributed by atoms with E-state index < -0.39 is 12.1 Å². The number of hydrogen-bond donors (Lipinski definition) is 2. The Morgan fingerprint density at radius 2 is 1.71 bits per heavy atom. The summed E-state index contributed by atoms with van der Waals surface area (Å²) in [5.74, 6) is -0.491. The van der Waals surface area contributed by atoms with Crippen LogP contribution in [0.2, 0.25) is 5.02 Å². The van der Waals surface area contributed by atoms with Crippen LogP contribution in [-0.4, -0.2) is 23.2 Å². The zero-order valence-corrected chi connectivity index (χ0v) is 10.9. The summed E-state index contributed by atoms with van der Waals surface area (Å²) in [5.41, 5.74) is 5.11. The fourth-order valence-corrected chi connectivity index (χ4v) is 0.894. The summed E-state index contributed by atoms with van der Waals surface area (Å²) in [6.45, 7) is 5.36. The zero-order valence-electron chi connectivity index (χ0n) is 10.2. The molecule has 0 aliphatic rings. The molecule has 3 N–H and O–H groups in total.